The lowest BCUT2D eigenvalue weighted by molar-refractivity contribution is -0.149. The highest BCUT2D eigenvalue weighted by atomic mass is 19.4. The van der Waals surface area contributed by atoms with Gasteiger partial charge in [0.1, 0.15) is 5.75 Å². The number of carbonyl (C=O) groups excluding carboxylic acids is 3. The minimum absolute atomic E-state index is 0.0427. The predicted octanol–water partition coefficient (Wildman–Crippen LogP) is 5.46. The fourth-order valence-electron chi connectivity index (χ4n) is 5.26. The average molecular weight is 650 g/mol. The van der Waals surface area contributed by atoms with E-state index in [1.54, 1.807) is 25.1 Å². The summed E-state index contributed by atoms with van der Waals surface area (Å²) in [6, 6.07) is 13.6. The quantitative estimate of drug-likeness (QED) is 0.374. The molecule has 1 aliphatic heterocycles. The highest BCUT2D eigenvalue weighted by Crippen LogP contribution is 2.29. The molecule has 0 bridgehead atoms. The number of amides is 3. The zero-order chi connectivity index (χ0) is 33.9. The minimum Gasteiger partial charge on any atom is -0.490 e. The van der Waals surface area contributed by atoms with Crippen LogP contribution in [0.2, 0.25) is 0 Å². The van der Waals surface area contributed by atoms with Crippen LogP contribution in [0.5, 0.6) is 5.75 Å². The van der Waals surface area contributed by atoms with Crippen LogP contribution < -0.4 is 10.1 Å². The fourth-order valence-corrected chi connectivity index (χ4v) is 5.26. The Labute approximate surface area is 269 Å². The van der Waals surface area contributed by atoms with E-state index in [4.69, 9.17) is 9.47 Å². The molecule has 2 N–H and O–H groups in total. The third kappa shape index (κ3) is 11.6. The van der Waals surface area contributed by atoms with Gasteiger partial charge in [0, 0.05) is 44.8 Å². The van der Waals surface area contributed by atoms with Crippen LogP contribution in [0.4, 0.5) is 18.9 Å². The van der Waals surface area contributed by atoms with Crippen molar-refractivity contribution in [3.63, 3.8) is 0 Å². The number of ether oxygens (including phenoxy) is 2. The molecule has 0 saturated carbocycles. The van der Waals surface area contributed by atoms with Gasteiger partial charge in [-0.15, -0.1) is 0 Å². The highest BCUT2D eigenvalue weighted by molar-refractivity contribution is 6.00. The van der Waals surface area contributed by atoms with Gasteiger partial charge < -0.3 is 29.7 Å². The number of hydrogen-bond donors (Lipinski definition) is 2. The number of nitrogens with one attached hydrogen (secondary N) is 1. The number of fused-ring (bicyclic) bond motifs is 1. The van der Waals surface area contributed by atoms with Crippen molar-refractivity contribution in [2.24, 2.45) is 5.92 Å². The molecule has 2 aromatic rings. The van der Waals surface area contributed by atoms with Crippen LogP contribution >= 0.6 is 0 Å². The maximum Gasteiger partial charge on any atom is 0.389 e. The average Bonchev–Trinajstić information content (AvgIpc) is 3.01. The summed E-state index contributed by atoms with van der Waals surface area (Å²) >= 11 is 0. The Morgan fingerprint density at radius 2 is 1.85 bits per heavy atom. The minimum atomic E-state index is -4.44. The lowest BCUT2D eigenvalue weighted by Gasteiger charge is -2.36. The second kappa shape index (κ2) is 17.3. The normalized spacial score (nSPS) is 20.6. The number of likely N-dealkylation sites (N-methyl/N-ethyl adjacent to an activating group) is 1. The van der Waals surface area contributed by atoms with Crippen molar-refractivity contribution in [1.29, 1.82) is 0 Å². The first-order valence-corrected chi connectivity index (χ1v) is 15.8. The van der Waals surface area contributed by atoms with Gasteiger partial charge in [0.05, 0.1) is 43.3 Å². The maximum atomic E-state index is 14.2. The highest BCUT2D eigenvalue weighted by Gasteiger charge is 2.32. The summed E-state index contributed by atoms with van der Waals surface area (Å²) in [5.41, 5.74) is 1.47. The molecule has 2 aromatic carbocycles. The van der Waals surface area contributed by atoms with E-state index in [-0.39, 0.29) is 49.6 Å². The molecule has 0 radical (unpaired) electrons. The van der Waals surface area contributed by atoms with Gasteiger partial charge in [0.25, 0.3) is 5.91 Å². The first-order valence-electron chi connectivity index (χ1n) is 15.8. The van der Waals surface area contributed by atoms with Gasteiger partial charge in [-0.1, -0.05) is 37.3 Å². The van der Waals surface area contributed by atoms with Crippen molar-refractivity contribution in [1.82, 2.24) is 9.80 Å². The number of nitrogens with zero attached hydrogens (tertiary/aromatic N) is 2. The molecule has 1 heterocycles. The molecule has 0 saturated heterocycles. The molecule has 1 aliphatic rings. The molecule has 0 aromatic heterocycles. The molecule has 46 heavy (non-hydrogen) atoms. The molecule has 3 rings (SSSR count). The van der Waals surface area contributed by atoms with E-state index in [0.717, 1.165) is 12.0 Å². The number of aliphatic hydroxyl groups excluding tert-OH is 1. The number of anilines is 1. The van der Waals surface area contributed by atoms with Crippen LogP contribution in [0.1, 0.15) is 68.8 Å². The SMILES string of the molecule is C[C@@H]1CN([C@@H](C)CO)C(=O)c2cc(NC(=O)Cc3ccccc3)ccc2O[C@@H](C)CCCCO[C@H]1CN(C)C(=O)CCC(F)(F)F. The van der Waals surface area contributed by atoms with E-state index < -0.39 is 43.0 Å². The number of rotatable bonds is 9. The van der Waals surface area contributed by atoms with E-state index in [9.17, 15) is 32.7 Å². The van der Waals surface area contributed by atoms with Gasteiger partial charge in [-0.05, 0) is 56.9 Å². The topological polar surface area (TPSA) is 108 Å². The third-order valence-electron chi connectivity index (χ3n) is 8.04. The smallest absolute Gasteiger partial charge is 0.389 e. The van der Waals surface area contributed by atoms with Crippen molar-refractivity contribution in [3.05, 3.63) is 59.7 Å². The van der Waals surface area contributed by atoms with Gasteiger partial charge in [0.15, 0.2) is 0 Å². The summed E-state index contributed by atoms with van der Waals surface area (Å²) in [7, 11) is 1.45. The van der Waals surface area contributed by atoms with Crippen molar-refractivity contribution in [2.45, 2.75) is 83.7 Å². The van der Waals surface area contributed by atoms with Gasteiger partial charge in [-0.25, -0.2) is 0 Å². The van der Waals surface area contributed by atoms with Gasteiger partial charge in [-0.3, -0.25) is 14.4 Å². The van der Waals surface area contributed by atoms with Gasteiger partial charge in [0.2, 0.25) is 11.8 Å². The number of halogens is 3. The van der Waals surface area contributed by atoms with Crippen LogP contribution in [0.3, 0.4) is 0 Å². The van der Waals surface area contributed by atoms with E-state index in [2.05, 4.69) is 5.32 Å². The summed E-state index contributed by atoms with van der Waals surface area (Å²) in [5.74, 6) is -1.35. The summed E-state index contributed by atoms with van der Waals surface area (Å²) < 4.78 is 50.6. The van der Waals surface area contributed by atoms with E-state index in [0.29, 0.717) is 30.9 Å². The molecular weight excluding hydrogens is 603 g/mol. The Morgan fingerprint density at radius 3 is 2.52 bits per heavy atom. The molecule has 0 aliphatic carbocycles. The Morgan fingerprint density at radius 1 is 1.13 bits per heavy atom. The molecule has 0 fully saturated rings. The van der Waals surface area contributed by atoms with Crippen molar-refractivity contribution in [2.75, 3.05) is 38.7 Å². The van der Waals surface area contributed by atoms with Crippen molar-refractivity contribution < 1.29 is 42.1 Å². The fraction of sp³-hybridized carbons (Fsp3) is 0.559. The summed E-state index contributed by atoms with van der Waals surface area (Å²) in [4.78, 5) is 42.3. The molecule has 254 valence electrons. The van der Waals surface area contributed by atoms with Crippen LogP contribution in [0.15, 0.2) is 48.5 Å². The van der Waals surface area contributed by atoms with Crippen molar-refractivity contribution >= 4 is 23.4 Å². The Bertz CT molecular complexity index is 1290. The molecule has 4 atom stereocenters. The zero-order valence-corrected chi connectivity index (χ0v) is 27.0. The largest absolute Gasteiger partial charge is 0.490 e. The maximum absolute atomic E-state index is 14.2. The number of benzene rings is 2. The molecule has 9 nitrogen and oxygen atoms in total. The van der Waals surface area contributed by atoms with Crippen molar-refractivity contribution in [3.8, 4) is 5.75 Å². The Kier molecular flexibility index (Phi) is 13.9. The van der Waals surface area contributed by atoms with Crippen LogP contribution in [-0.4, -0.2) is 90.4 Å². The second-order valence-corrected chi connectivity index (χ2v) is 12.1. The summed E-state index contributed by atoms with van der Waals surface area (Å²) in [6.45, 7) is 5.63. The number of aliphatic hydroxyl groups is 1. The molecular formula is C34H46F3N3O6. The lowest BCUT2D eigenvalue weighted by Crippen LogP contribution is -2.48. The third-order valence-corrected chi connectivity index (χ3v) is 8.04. The van der Waals surface area contributed by atoms with E-state index in [1.807, 2.05) is 44.2 Å². The Hall–Kier alpha value is -3.64. The van der Waals surface area contributed by atoms with Crippen LogP contribution in [-0.2, 0) is 20.7 Å². The summed E-state index contributed by atoms with van der Waals surface area (Å²) in [5, 5.41) is 13.0. The molecule has 0 spiro atoms. The zero-order valence-electron chi connectivity index (χ0n) is 27.0. The molecule has 0 unspecified atom stereocenters. The van der Waals surface area contributed by atoms with Gasteiger partial charge in [-0.2, -0.15) is 13.2 Å². The molecule has 3 amide bonds. The van der Waals surface area contributed by atoms with E-state index >= 15 is 0 Å². The monoisotopic (exact) mass is 649 g/mol. The lowest BCUT2D eigenvalue weighted by atomic mass is 10.0. The van der Waals surface area contributed by atoms with Gasteiger partial charge >= 0.3 is 6.18 Å². The first kappa shape index (κ1) is 36.8. The van der Waals surface area contributed by atoms with Crippen LogP contribution in [0.25, 0.3) is 0 Å². The second-order valence-electron chi connectivity index (χ2n) is 12.1. The molecule has 12 heteroatoms. The summed E-state index contributed by atoms with van der Waals surface area (Å²) in [6.07, 6.45) is -4.87. The Balaban J connectivity index is 1.89. The predicted molar refractivity (Wildman–Crippen MR) is 169 cm³/mol. The van der Waals surface area contributed by atoms with Crippen LogP contribution in [0, 0.1) is 5.92 Å². The number of alkyl halides is 3. The number of hydrogen-bond acceptors (Lipinski definition) is 6. The number of carbonyl (C=O) groups is 3. The standard InChI is InChI=1S/C34H46F3N3O6/c1-23-20-40(24(2)22-41)33(44)28-19-27(38-31(42)18-26-11-6-5-7-12-26)13-14-29(28)46-25(3)10-8-9-17-45-30(23)21-39(4)32(43)15-16-34(35,36)37/h5-7,11-14,19,23-25,30,41H,8-10,15-18,20-22H2,1-4H3,(H,38,42)/t23-,24+,25+,30+/m1/s1. The van der Waals surface area contributed by atoms with E-state index in [1.165, 1.54) is 16.8 Å². The first-order chi connectivity index (χ1) is 21.8.